The molecule has 0 saturated heterocycles. The number of pyridine rings is 1. The van der Waals surface area contributed by atoms with Crippen LogP contribution in [0.5, 0.6) is 0 Å². The van der Waals surface area contributed by atoms with Gasteiger partial charge in [-0.15, -0.1) is 0 Å². The number of nitrogens with one attached hydrogen (secondary N) is 3. The van der Waals surface area contributed by atoms with E-state index in [1.807, 2.05) is 24.3 Å². The highest BCUT2D eigenvalue weighted by Crippen LogP contribution is 2.11. The van der Waals surface area contributed by atoms with Crippen molar-refractivity contribution in [2.45, 2.75) is 25.4 Å². The summed E-state index contributed by atoms with van der Waals surface area (Å²) in [7, 11) is 1.46. The Bertz CT molecular complexity index is 1260. The van der Waals surface area contributed by atoms with E-state index in [1.165, 1.54) is 29.9 Å². The van der Waals surface area contributed by atoms with Crippen molar-refractivity contribution in [2.24, 2.45) is 5.73 Å². The summed E-state index contributed by atoms with van der Waals surface area (Å²) in [4.78, 5) is 56.6. The maximum atomic E-state index is 13.0. The Balaban J connectivity index is 1.71. The number of methoxy groups -OCH3 is 1. The molecule has 190 valence electrons. The van der Waals surface area contributed by atoms with Crippen LogP contribution in [0.2, 0.25) is 0 Å². The van der Waals surface area contributed by atoms with E-state index in [1.54, 1.807) is 12.3 Å². The Morgan fingerprint density at radius 3 is 2.75 bits per heavy atom. The molecule has 0 bridgehead atoms. The average Bonchev–Trinajstić information content (AvgIpc) is 3.26. The van der Waals surface area contributed by atoms with Gasteiger partial charge in [-0.2, -0.15) is 0 Å². The number of amides is 3. The van der Waals surface area contributed by atoms with E-state index in [0.29, 0.717) is 5.82 Å². The number of carbonyl (C=O) groups excluding carboxylic acids is 3. The molecular formula is C24H28N6O6. The Labute approximate surface area is 206 Å². The SMILES string of the molecule is COCCOC(=O)NC(CC/C=C/C(N)=O)C(=O)Nc1cccn(Cc2nc3ccccc3[nH]2)c1=O. The lowest BCUT2D eigenvalue weighted by atomic mass is 10.1. The molecular weight excluding hydrogens is 468 g/mol. The number of benzene rings is 1. The van der Waals surface area contributed by atoms with Gasteiger partial charge in [-0.3, -0.25) is 14.4 Å². The number of allylic oxidation sites excluding steroid dienone is 1. The zero-order valence-corrected chi connectivity index (χ0v) is 19.7. The van der Waals surface area contributed by atoms with Gasteiger partial charge >= 0.3 is 6.09 Å². The van der Waals surface area contributed by atoms with Crippen LogP contribution in [0.25, 0.3) is 11.0 Å². The minimum atomic E-state index is -1.04. The van der Waals surface area contributed by atoms with Crippen molar-refractivity contribution in [3.63, 3.8) is 0 Å². The lowest BCUT2D eigenvalue weighted by molar-refractivity contribution is -0.118. The maximum absolute atomic E-state index is 13.0. The fourth-order valence-corrected chi connectivity index (χ4v) is 3.35. The van der Waals surface area contributed by atoms with Crippen molar-refractivity contribution >= 4 is 34.6 Å². The predicted molar refractivity (Wildman–Crippen MR) is 132 cm³/mol. The number of nitrogens with zero attached hydrogens (tertiary/aromatic N) is 2. The van der Waals surface area contributed by atoms with Crippen LogP contribution in [0, 0.1) is 0 Å². The number of primary amides is 1. The molecule has 3 aromatic rings. The molecule has 5 N–H and O–H groups in total. The summed E-state index contributed by atoms with van der Waals surface area (Å²) in [5.74, 6) is -0.664. The van der Waals surface area contributed by atoms with Gasteiger partial charge in [0.1, 0.15) is 24.2 Å². The van der Waals surface area contributed by atoms with Crippen LogP contribution in [0.1, 0.15) is 18.7 Å². The van der Waals surface area contributed by atoms with Crippen LogP contribution >= 0.6 is 0 Å². The Hall–Kier alpha value is -4.45. The Morgan fingerprint density at radius 1 is 1.19 bits per heavy atom. The fourth-order valence-electron chi connectivity index (χ4n) is 3.35. The summed E-state index contributed by atoms with van der Waals surface area (Å²) in [6.07, 6.45) is 3.83. The third-order valence-electron chi connectivity index (χ3n) is 5.07. The molecule has 0 aliphatic rings. The van der Waals surface area contributed by atoms with Gasteiger partial charge in [-0.05, 0) is 43.2 Å². The quantitative estimate of drug-likeness (QED) is 0.216. The molecule has 1 unspecified atom stereocenters. The first-order valence-corrected chi connectivity index (χ1v) is 11.2. The zero-order valence-electron chi connectivity index (χ0n) is 19.7. The number of alkyl carbamates (subject to hydrolysis) is 1. The van der Waals surface area contributed by atoms with E-state index < -0.39 is 29.5 Å². The molecule has 3 rings (SSSR count). The van der Waals surface area contributed by atoms with Crippen LogP contribution in [-0.4, -0.2) is 58.8 Å². The second kappa shape index (κ2) is 12.9. The lowest BCUT2D eigenvalue weighted by Crippen LogP contribution is -2.45. The topological polar surface area (TPSA) is 170 Å². The Kier molecular flexibility index (Phi) is 9.34. The fraction of sp³-hybridized carbons (Fsp3) is 0.292. The van der Waals surface area contributed by atoms with Gasteiger partial charge in [-0.25, -0.2) is 9.78 Å². The number of imidazole rings is 1. The van der Waals surface area contributed by atoms with Crippen molar-refractivity contribution < 1.29 is 23.9 Å². The van der Waals surface area contributed by atoms with Crippen molar-refractivity contribution in [2.75, 3.05) is 25.6 Å². The summed E-state index contributed by atoms with van der Waals surface area (Å²) in [6, 6.07) is 9.55. The number of para-hydroxylation sites is 2. The first-order chi connectivity index (χ1) is 17.4. The monoisotopic (exact) mass is 496 g/mol. The molecule has 1 atom stereocenters. The second-order valence-corrected chi connectivity index (χ2v) is 7.75. The number of nitrogens with two attached hydrogens (primary N) is 1. The van der Waals surface area contributed by atoms with Crippen LogP contribution < -0.4 is 21.9 Å². The highest BCUT2D eigenvalue weighted by atomic mass is 16.6. The third-order valence-corrected chi connectivity index (χ3v) is 5.07. The summed E-state index contributed by atoms with van der Waals surface area (Å²) in [5.41, 5.74) is 6.30. The van der Waals surface area contributed by atoms with E-state index in [4.69, 9.17) is 15.2 Å². The van der Waals surface area contributed by atoms with E-state index in [-0.39, 0.29) is 38.3 Å². The normalized spacial score (nSPS) is 11.9. The third kappa shape index (κ3) is 7.53. The van der Waals surface area contributed by atoms with Crippen molar-refractivity contribution in [3.05, 3.63) is 70.9 Å². The highest BCUT2D eigenvalue weighted by molar-refractivity contribution is 5.96. The summed E-state index contributed by atoms with van der Waals surface area (Å²) in [5, 5.41) is 5.04. The maximum Gasteiger partial charge on any atom is 0.407 e. The summed E-state index contributed by atoms with van der Waals surface area (Å²) < 4.78 is 11.2. The number of hydrogen-bond donors (Lipinski definition) is 4. The molecule has 1 aromatic carbocycles. The summed E-state index contributed by atoms with van der Waals surface area (Å²) >= 11 is 0. The molecule has 0 aliphatic heterocycles. The lowest BCUT2D eigenvalue weighted by Gasteiger charge is -2.18. The number of anilines is 1. The molecule has 0 radical (unpaired) electrons. The highest BCUT2D eigenvalue weighted by Gasteiger charge is 2.22. The molecule has 2 aromatic heterocycles. The van der Waals surface area contributed by atoms with Crippen molar-refractivity contribution in [1.29, 1.82) is 0 Å². The molecule has 12 nitrogen and oxygen atoms in total. The van der Waals surface area contributed by atoms with Crippen LogP contribution in [-0.2, 0) is 25.6 Å². The van der Waals surface area contributed by atoms with Crippen molar-refractivity contribution in [3.8, 4) is 0 Å². The number of ether oxygens (including phenoxy) is 2. The van der Waals surface area contributed by atoms with Gasteiger partial charge in [0.05, 0.1) is 24.2 Å². The zero-order chi connectivity index (χ0) is 25.9. The second-order valence-electron chi connectivity index (χ2n) is 7.75. The van der Waals surface area contributed by atoms with Crippen LogP contribution in [0.4, 0.5) is 10.5 Å². The van der Waals surface area contributed by atoms with Crippen LogP contribution in [0.15, 0.2) is 59.5 Å². The van der Waals surface area contributed by atoms with Gasteiger partial charge in [0.25, 0.3) is 5.56 Å². The van der Waals surface area contributed by atoms with Gasteiger partial charge in [0.15, 0.2) is 0 Å². The molecule has 0 spiro atoms. The van der Waals surface area contributed by atoms with Gasteiger partial charge in [-0.1, -0.05) is 18.2 Å². The number of rotatable bonds is 12. The largest absolute Gasteiger partial charge is 0.447 e. The predicted octanol–water partition coefficient (Wildman–Crippen LogP) is 1.27. The molecule has 0 aliphatic carbocycles. The minimum Gasteiger partial charge on any atom is -0.447 e. The molecule has 12 heteroatoms. The number of hydrogen-bond acceptors (Lipinski definition) is 7. The number of H-pyrrole nitrogens is 1. The molecule has 2 heterocycles. The minimum absolute atomic E-state index is 0.00341. The van der Waals surface area contributed by atoms with Gasteiger partial charge < -0.3 is 35.4 Å². The smallest absolute Gasteiger partial charge is 0.407 e. The first kappa shape index (κ1) is 26.2. The standard InChI is InChI=1S/C24H28N6O6/c1-35-13-14-36-24(34)29-18(9-4-5-11-20(25)31)22(32)28-19-10-6-12-30(23(19)33)15-21-26-16-7-2-3-8-17(16)27-21/h2-3,5-8,10-12,18H,4,9,13-15H2,1H3,(H2,25,31)(H,26,27)(H,28,32)(H,29,34)/b11-5+. The number of aromatic nitrogens is 3. The van der Waals surface area contributed by atoms with E-state index in [9.17, 15) is 19.2 Å². The van der Waals surface area contributed by atoms with Gasteiger partial charge in [0, 0.05) is 13.3 Å². The number of fused-ring (bicyclic) bond motifs is 1. The van der Waals surface area contributed by atoms with E-state index in [2.05, 4.69) is 20.6 Å². The Morgan fingerprint density at radius 2 is 2.00 bits per heavy atom. The first-order valence-electron chi connectivity index (χ1n) is 11.2. The average molecular weight is 497 g/mol. The van der Waals surface area contributed by atoms with Crippen molar-refractivity contribution in [1.82, 2.24) is 19.9 Å². The molecule has 36 heavy (non-hydrogen) atoms. The van der Waals surface area contributed by atoms with Crippen LogP contribution in [0.3, 0.4) is 0 Å². The summed E-state index contributed by atoms with van der Waals surface area (Å²) in [6.45, 7) is 0.368. The molecule has 0 fully saturated rings. The van der Waals surface area contributed by atoms with E-state index in [0.717, 1.165) is 11.0 Å². The number of carbonyl (C=O) groups is 3. The van der Waals surface area contributed by atoms with Gasteiger partial charge in [0.2, 0.25) is 11.8 Å². The van der Waals surface area contributed by atoms with E-state index >= 15 is 0 Å². The number of aromatic amines is 1. The molecule has 3 amide bonds. The molecule has 0 saturated carbocycles.